The first-order chi connectivity index (χ1) is 7.99. The fourth-order valence-electron chi connectivity index (χ4n) is 1.45. The molecule has 0 atom stereocenters. The van der Waals surface area contributed by atoms with E-state index in [1.165, 1.54) is 0 Å². The van der Waals surface area contributed by atoms with Gasteiger partial charge < -0.3 is 5.11 Å². The lowest BCUT2D eigenvalue weighted by molar-refractivity contribution is 0.469. The van der Waals surface area contributed by atoms with Gasteiger partial charge in [0, 0.05) is 23.3 Å². The first-order valence-corrected chi connectivity index (χ1v) is 4.62. The van der Waals surface area contributed by atoms with Gasteiger partial charge in [0.15, 0.2) is 11.6 Å². The van der Waals surface area contributed by atoms with Gasteiger partial charge in [0.05, 0.1) is 0 Å². The minimum atomic E-state index is -1.34. The molecular formula is C12H6F4O. The topological polar surface area (TPSA) is 20.2 Å². The van der Waals surface area contributed by atoms with Gasteiger partial charge in [-0.05, 0) is 18.2 Å². The van der Waals surface area contributed by atoms with E-state index in [2.05, 4.69) is 0 Å². The van der Waals surface area contributed by atoms with E-state index in [1.54, 1.807) is 0 Å². The first-order valence-electron chi connectivity index (χ1n) is 4.62. The lowest BCUT2D eigenvalue weighted by Gasteiger charge is -2.06. The molecule has 2 aromatic rings. The predicted molar refractivity (Wildman–Crippen MR) is 53.4 cm³/mol. The molecule has 0 aromatic heterocycles. The van der Waals surface area contributed by atoms with Crippen molar-refractivity contribution >= 4 is 0 Å². The standard InChI is InChI=1S/C12H6F4O/c13-9-3-6(17)1-2-7(9)8-4-11(15)12(16)5-10(8)14/h1-5,17H. The summed E-state index contributed by atoms with van der Waals surface area (Å²) in [6.45, 7) is 0. The van der Waals surface area contributed by atoms with Crippen LogP contribution in [-0.2, 0) is 0 Å². The van der Waals surface area contributed by atoms with Crippen molar-refractivity contribution < 1.29 is 22.7 Å². The van der Waals surface area contributed by atoms with Gasteiger partial charge in [-0.25, -0.2) is 17.6 Å². The molecule has 0 heterocycles. The summed E-state index contributed by atoms with van der Waals surface area (Å²) in [5.74, 6) is -4.95. The number of rotatable bonds is 1. The first kappa shape index (κ1) is 11.4. The van der Waals surface area contributed by atoms with Crippen molar-refractivity contribution in [2.45, 2.75) is 0 Å². The Hall–Kier alpha value is -2.04. The molecule has 0 saturated carbocycles. The van der Waals surface area contributed by atoms with Crippen LogP contribution >= 0.6 is 0 Å². The summed E-state index contributed by atoms with van der Waals surface area (Å²) in [6, 6.07) is 3.88. The molecule has 2 aromatic carbocycles. The lowest BCUT2D eigenvalue weighted by Crippen LogP contribution is -1.93. The number of benzene rings is 2. The van der Waals surface area contributed by atoms with Crippen LogP contribution in [0.2, 0.25) is 0 Å². The van der Waals surface area contributed by atoms with Gasteiger partial charge in [-0.3, -0.25) is 0 Å². The normalized spacial score (nSPS) is 10.6. The van der Waals surface area contributed by atoms with Crippen molar-refractivity contribution in [3.8, 4) is 16.9 Å². The van der Waals surface area contributed by atoms with Crippen LogP contribution in [0.25, 0.3) is 11.1 Å². The number of halogens is 4. The molecule has 2 rings (SSSR count). The fraction of sp³-hybridized carbons (Fsp3) is 0. The second kappa shape index (κ2) is 4.08. The average molecular weight is 242 g/mol. The molecule has 1 nitrogen and oxygen atoms in total. The number of hydrogen-bond donors (Lipinski definition) is 1. The van der Waals surface area contributed by atoms with Crippen LogP contribution in [0.15, 0.2) is 30.3 Å². The summed E-state index contributed by atoms with van der Waals surface area (Å²) in [5, 5.41) is 8.98. The van der Waals surface area contributed by atoms with Crippen LogP contribution in [0.3, 0.4) is 0 Å². The number of phenolic OH excluding ortho intramolecular Hbond substituents is 1. The molecule has 5 heteroatoms. The molecule has 0 bridgehead atoms. The number of phenols is 1. The highest BCUT2D eigenvalue weighted by Gasteiger charge is 2.14. The molecule has 0 unspecified atom stereocenters. The Bertz CT molecular complexity index is 581. The fourth-order valence-corrected chi connectivity index (χ4v) is 1.45. The van der Waals surface area contributed by atoms with Crippen molar-refractivity contribution in [1.82, 2.24) is 0 Å². The Labute approximate surface area is 93.9 Å². The Balaban J connectivity index is 2.64. The summed E-state index contributed by atoms with van der Waals surface area (Å²) in [5.41, 5.74) is -0.652. The molecule has 0 spiro atoms. The second-order valence-electron chi connectivity index (χ2n) is 3.41. The average Bonchev–Trinajstić information content (AvgIpc) is 2.24. The van der Waals surface area contributed by atoms with Crippen LogP contribution in [0.1, 0.15) is 0 Å². The molecule has 0 radical (unpaired) electrons. The van der Waals surface area contributed by atoms with Crippen LogP contribution in [0, 0.1) is 23.3 Å². The quantitative estimate of drug-likeness (QED) is 0.598. The zero-order valence-corrected chi connectivity index (χ0v) is 8.35. The van der Waals surface area contributed by atoms with Crippen molar-refractivity contribution in [3.63, 3.8) is 0 Å². The van der Waals surface area contributed by atoms with Crippen LogP contribution in [0.4, 0.5) is 17.6 Å². The number of hydrogen-bond acceptors (Lipinski definition) is 1. The Kier molecular flexibility index (Phi) is 2.75. The van der Waals surface area contributed by atoms with Gasteiger partial charge in [-0.15, -0.1) is 0 Å². The van der Waals surface area contributed by atoms with E-state index in [-0.39, 0.29) is 11.3 Å². The lowest BCUT2D eigenvalue weighted by atomic mass is 10.0. The minimum absolute atomic E-state index is 0.251. The van der Waals surface area contributed by atoms with Crippen molar-refractivity contribution in [2.24, 2.45) is 0 Å². The van der Waals surface area contributed by atoms with Gasteiger partial charge in [0.25, 0.3) is 0 Å². The van der Waals surface area contributed by atoms with E-state index >= 15 is 0 Å². The highest BCUT2D eigenvalue weighted by molar-refractivity contribution is 5.65. The molecule has 0 amide bonds. The van der Waals surface area contributed by atoms with E-state index in [1.807, 2.05) is 0 Å². The number of aromatic hydroxyl groups is 1. The third-order valence-corrected chi connectivity index (χ3v) is 2.25. The predicted octanol–water partition coefficient (Wildman–Crippen LogP) is 3.62. The molecular weight excluding hydrogens is 236 g/mol. The maximum atomic E-state index is 13.4. The zero-order valence-electron chi connectivity index (χ0n) is 8.35. The molecule has 88 valence electrons. The largest absolute Gasteiger partial charge is 0.508 e. The van der Waals surface area contributed by atoms with Gasteiger partial charge >= 0.3 is 0 Å². The van der Waals surface area contributed by atoms with E-state index in [0.29, 0.717) is 12.1 Å². The van der Waals surface area contributed by atoms with Gasteiger partial charge in [-0.1, -0.05) is 0 Å². The molecule has 0 aliphatic rings. The van der Waals surface area contributed by atoms with E-state index in [9.17, 15) is 17.6 Å². The third-order valence-electron chi connectivity index (χ3n) is 2.25. The summed E-state index contributed by atoms with van der Waals surface area (Å²) in [6.07, 6.45) is 0. The minimum Gasteiger partial charge on any atom is -0.508 e. The molecule has 0 aliphatic heterocycles. The van der Waals surface area contributed by atoms with Gasteiger partial charge in [0.2, 0.25) is 0 Å². The maximum Gasteiger partial charge on any atom is 0.161 e. The van der Waals surface area contributed by atoms with Gasteiger partial charge in [-0.2, -0.15) is 0 Å². The monoisotopic (exact) mass is 242 g/mol. The Morgan fingerprint density at radius 3 is 1.88 bits per heavy atom. The van der Waals surface area contributed by atoms with Gasteiger partial charge in [0.1, 0.15) is 17.4 Å². The summed E-state index contributed by atoms with van der Waals surface area (Å²) in [4.78, 5) is 0. The molecule has 0 saturated heterocycles. The van der Waals surface area contributed by atoms with Crippen molar-refractivity contribution in [3.05, 3.63) is 53.6 Å². The zero-order chi connectivity index (χ0) is 12.6. The summed E-state index contributed by atoms with van der Waals surface area (Å²) >= 11 is 0. The second-order valence-corrected chi connectivity index (χ2v) is 3.41. The van der Waals surface area contributed by atoms with Crippen molar-refractivity contribution in [2.75, 3.05) is 0 Å². The van der Waals surface area contributed by atoms with Crippen LogP contribution < -0.4 is 0 Å². The highest BCUT2D eigenvalue weighted by Crippen LogP contribution is 2.29. The molecule has 1 N–H and O–H groups in total. The van der Waals surface area contributed by atoms with E-state index in [4.69, 9.17) is 5.11 Å². The Morgan fingerprint density at radius 1 is 0.647 bits per heavy atom. The third kappa shape index (κ3) is 2.08. The SMILES string of the molecule is Oc1ccc(-c2cc(F)c(F)cc2F)c(F)c1. The summed E-state index contributed by atoms with van der Waals surface area (Å²) < 4.78 is 52.4. The highest BCUT2D eigenvalue weighted by atomic mass is 19.2. The molecule has 17 heavy (non-hydrogen) atoms. The smallest absolute Gasteiger partial charge is 0.161 e. The van der Waals surface area contributed by atoms with E-state index < -0.39 is 28.8 Å². The molecule has 0 fully saturated rings. The van der Waals surface area contributed by atoms with Crippen LogP contribution in [0.5, 0.6) is 5.75 Å². The van der Waals surface area contributed by atoms with E-state index in [0.717, 1.165) is 18.2 Å². The Morgan fingerprint density at radius 2 is 1.24 bits per heavy atom. The maximum absolute atomic E-state index is 13.4. The summed E-state index contributed by atoms with van der Waals surface area (Å²) in [7, 11) is 0. The van der Waals surface area contributed by atoms with Crippen LogP contribution in [-0.4, -0.2) is 5.11 Å². The molecule has 0 aliphatic carbocycles. The van der Waals surface area contributed by atoms with Crippen molar-refractivity contribution in [1.29, 1.82) is 0 Å².